The molecule has 1 amide bonds. The van der Waals surface area contributed by atoms with Crippen molar-refractivity contribution in [1.29, 1.82) is 0 Å². The number of ether oxygens (including phenoxy) is 2. The van der Waals surface area contributed by atoms with Gasteiger partial charge in [-0.15, -0.1) is 0 Å². The number of rotatable bonds is 6. The Bertz CT molecular complexity index is 612. The molecule has 0 aliphatic carbocycles. The Morgan fingerprint density at radius 2 is 1.58 bits per heavy atom. The molecule has 1 atom stereocenters. The minimum Gasteiger partial charge on any atom is -0.467 e. The molecule has 0 aliphatic rings. The SMILES string of the molecule is COC(=O)C(NC(=O)Oc1ccc(C(C)(C)CC(C)(C)C)cc1)C(C)C. The van der Waals surface area contributed by atoms with Gasteiger partial charge in [0, 0.05) is 0 Å². The number of carbonyl (C=O) groups is 2. The third kappa shape index (κ3) is 6.70. The Hall–Kier alpha value is -2.04. The number of methoxy groups -OCH3 is 1. The fourth-order valence-electron chi connectivity index (χ4n) is 3.29. The first-order valence-electron chi connectivity index (χ1n) is 9.02. The number of amides is 1. The topological polar surface area (TPSA) is 64.6 Å². The van der Waals surface area contributed by atoms with Crippen molar-refractivity contribution < 1.29 is 19.1 Å². The third-order valence-electron chi connectivity index (χ3n) is 4.21. The van der Waals surface area contributed by atoms with Gasteiger partial charge in [0.2, 0.25) is 0 Å². The van der Waals surface area contributed by atoms with Gasteiger partial charge in [0.05, 0.1) is 7.11 Å². The highest BCUT2D eigenvalue weighted by Gasteiger charge is 2.28. The fraction of sp³-hybridized carbons (Fsp3) is 0.619. The molecular weight excluding hydrogens is 330 g/mol. The van der Waals surface area contributed by atoms with Crippen molar-refractivity contribution in [2.45, 2.75) is 66.3 Å². The molecule has 0 saturated heterocycles. The van der Waals surface area contributed by atoms with Crippen molar-refractivity contribution in [1.82, 2.24) is 5.32 Å². The van der Waals surface area contributed by atoms with E-state index < -0.39 is 18.1 Å². The Labute approximate surface area is 157 Å². The summed E-state index contributed by atoms with van der Waals surface area (Å²) in [5, 5.41) is 2.56. The van der Waals surface area contributed by atoms with Crippen LogP contribution in [-0.4, -0.2) is 25.2 Å². The minimum atomic E-state index is -0.738. The van der Waals surface area contributed by atoms with E-state index in [0.29, 0.717) is 5.75 Å². The summed E-state index contributed by atoms with van der Waals surface area (Å²) in [6.45, 7) is 14.8. The van der Waals surface area contributed by atoms with E-state index in [0.717, 1.165) is 6.42 Å². The highest BCUT2D eigenvalue weighted by atomic mass is 16.6. The molecule has 0 spiro atoms. The molecule has 0 fully saturated rings. The molecule has 1 aromatic rings. The second-order valence-corrected chi connectivity index (χ2v) is 8.92. The van der Waals surface area contributed by atoms with E-state index in [1.54, 1.807) is 12.1 Å². The van der Waals surface area contributed by atoms with E-state index in [1.807, 2.05) is 26.0 Å². The van der Waals surface area contributed by atoms with Crippen molar-refractivity contribution in [2.75, 3.05) is 7.11 Å². The first kappa shape index (κ1) is 22.0. The Kier molecular flexibility index (Phi) is 7.25. The van der Waals surface area contributed by atoms with Gasteiger partial charge in [-0.1, -0.05) is 60.6 Å². The molecule has 0 radical (unpaired) electrons. The van der Waals surface area contributed by atoms with E-state index in [4.69, 9.17) is 9.47 Å². The largest absolute Gasteiger partial charge is 0.467 e. The molecule has 0 bridgehead atoms. The van der Waals surface area contributed by atoms with Crippen molar-refractivity contribution in [3.05, 3.63) is 29.8 Å². The van der Waals surface area contributed by atoms with Crippen LogP contribution in [0, 0.1) is 11.3 Å². The molecule has 0 heterocycles. The summed E-state index contributed by atoms with van der Waals surface area (Å²) in [6.07, 6.45) is 0.367. The van der Waals surface area contributed by atoms with Crippen molar-refractivity contribution in [3.8, 4) is 5.75 Å². The highest BCUT2D eigenvalue weighted by Crippen LogP contribution is 2.36. The lowest BCUT2D eigenvalue weighted by molar-refractivity contribution is -0.144. The van der Waals surface area contributed by atoms with Gasteiger partial charge in [-0.3, -0.25) is 0 Å². The summed E-state index contributed by atoms with van der Waals surface area (Å²) in [7, 11) is 1.29. The van der Waals surface area contributed by atoms with Gasteiger partial charge >= 0.3 is 12.1 Å². The predicted octanol–water partition coefficient (Wildman–Crippen LogP) is 4.69. The smallest absolute Gasteiger partial charge is 0.413 e. The van der Waals surface area contributed by atoms with Gasteiger partial charge < -0.3 is 14.8 Å². The Morgan fingerprint density at radius 3 is 2.00 bits per heavy atom. The quantitative estimate of drug-likeness (QED) is 0.745. The van der Waals surface area contributed by atoms with E-state index in [1.165, 1.54) is 12.7 Å². The number of hydrogen-bond donors (Lipinski definition) is 1. The van der Waals surface area contributed by atoms with Crippen LogP contribution in [0.5, 0.6) is 5.75 Å². The van der Waals surface area contributed by atoms with E-state index in [-0.39, 0.29) is 16.7 Å². The average Bonchev–Trinajstić information content (AvgIpc) is 2.49. The van der Waals surface area contributed by atoms with Crippen LogP contribution in [0.2, 0.25) is 0 Å². The maximum Gasteiger partial charge on any atom is 0.413 e. The number of hydrogen-bond acceptors (Lipinski definition) is 4. The van der Waals surface area contributed by atoms with E-state index >= 15 is 0 Å². The molecule has 5 heteroatoms. The summed E-state index contributed by atoms with van der Waals surface area (Å²) in [5.41, 5.74) is 1.43. The number of esters is 1. The minimum absolute atomic E-state index is 0.0205. The van der Waals surface area contributed by atoms with E-state index in [9.17, 15) is 9.59 Å². The summed E-state index contributed by atoms with van der Waals surface area (Å²) in [6, 6.07) is 6.78. The van der Waals surface area contributed by atoms with Crippen LogP contribution in [0.25, 0.3) is 0 Å². The highest BCUT2D eigenvalue weighted by molar-refractivity contribution is 5.82. The zero-order chi connectivity index (χ0) is 20.1. The fourth-order valence-corrected chi connectivity index (χ4v) is 3.29. The van der Waals surface area contributed by atoms with Crippen molar-refractivity contribution in [3.63, 3.8) is 0 Å². The van der Waals surface area contributed by atoms with Gasteiger partial charge in [0.25, 0.3) is 0 Å². The van der Waals surface area contributed by atoms with Crippen LogP contribution in [0.4, 0.5) is 4.79 Å². The normalized spacial score (nSPS) is 13.3. The summed E-state index contributed by atoms with van der Waals surface area (Å²) in [5.74, 6) is -0.156. The first-order valence-corrected chi connectivity index (χ1v) is 9.02. The maximum atomic E-state index is 12.1. The lowest BCUT2D eigenvalue weighted by atomic mass is 9.72. The van der Waals surface area contributed by atoms with Gasteiger partial charge in [-0.25, -0.2) is 9.59 Å². The molecule has 1 N–H and O–H groups in total. The monoisotopic (exact) mass is 363 g/mol. The number of benzene rings is 1. The number of nitrogens with one attached hydrogen (secondary N) is 1. The molecule has 26 heavy (non-hydrogen) atoms. The van der Waals surface area contributed by atoms with Crippen LogP contribution >= 0.6 is 0 Å². The Morgan fingerprint density at radius 1 is 1.04 bits per heavy atom. The van der Waals surface area contributed by atoms with Crippen molar-refractivity contribution in [2.24, 2.45) is 11.3 Å². The second-order valence-electron chi connectivity index (χ2n) is 8.92. The molecule has 1 aromatic carbocycles. The summed E-state index contributed by atoms with van der Waals surface area (Å²) < 4.78 is 10.0. The maximum absolute atomic E-state index is 12.1. The van der Waals surface area contributed by atoms with E-state index in [2.05, 4.69) is 39.9 Å². The second kappa shape index (κ2) is 8.56. The number of carbonyl (C=O) groups excluding carboxylic acids is 2. The van der Waals surface area contributed by atoms with Gasteiger partial charge in [-0.05, 0) is 40.9 Å². The first-order chi connectivity index (χ1) is 11.9. The van der Waals surface area contributed by atoms with Crippen LogP contribution in [0.1, 0.15) is 60.5 Å². The summed E-state index contributed by atoms with van der Waals surface area (Å²) >= 11 is 0. The molecule has 0 aliphatic heterocycles. The molecule has 0 saturated carbocycles. The zero-order valence-electron chi connectivity index (χ0n) is 17.3. The van der Waals surface area contributed by atoms with Gasteiger partial charge in [-0.2, -0.15) is 0 Å². The summed E-state index contributed by atoms with van der Waals surface area (Å²) in [4.78, 5) is 23.8. The predicted molar refractivity (Wildman–Crippen MR) is 103 cm³/mol. The van der Waals surface area contributed by atoms with Gasteiger partial charge in [0.15, 0.2) is 0 Å². The van der Waals surface area contributed by atoms with Gasteiger partial charge in [0.1, 0.15) is 11.8 Å². The van der Waals surface area contributed by atoms with Crippen LogP contribution in [0.15, 0.2) is 24.3 Å². The molecule has 1 rings (SSSR count). The van der Waals surface area contributed by atoms with Crippen LogP contribution < -0.4 is 10.1 Å². The molecule has 146 valence electrons. The molecular formula is C21H33NO4. The van der Waals surface area contributed by atoms with Crippen molar-refractivity contribution >= 4 is 12.1 Å². The third-order valence-corrected chi connectivity index (χ3v) is 4.21. The standard InChI is InChI=1S/C21H33NO4/c1-14(2)17(18(23)25-8)22-19(24)26-16-11-9-15(10-12-16)21(6,7)13-20(3,4)5/h9-12,14,17H,13H2,1-8H3,(H,22,24). The average molecular weight is 363 g/mol. The van der Waals surface area contributed by atoms with Crippen LogP contribution in [-0.2, 0) is 14.9 Å². The Balaban J connectivity index is 2.78. The molecule has 0 aromatic heterocycles. The molecule has 5 nitrogen and oxygen atoms in total. The van der Waals surface area contributed by atoms with Crippen LogP contribution in [0.3, 0.4) is 0 Å². The molecule has 1 unspecified atom stereocenters. The lowest BCUT2D eigenvalue weighted by Crippen LogP contribution is -2.46. The zero-order valence-corrected chi connectivity index (χ0v) is 17.3. The lowest BCUT2D eigenvalue weighted by Gasteiger charge is -2.33.